The Morgan fingerprint density at radius 3 is 2.67 bits per heavy atom. The van der Waals surface area contributed by atoms with Crippen molar-refractivity contribution >= 4 is 11.7 Å². The number of carboxylic acid groups (broad SMARTS) is 1. The molecule has 1 fully saturated rings. The predicted octanol–water partition coefficient (Wildman–Crippen LogP) is 5.53. The van der Waals surface area contributed by atoms with Gasteiger partial charge in [-0.3, -0.25) is 0 Å². The number of hydrogen-bond donors (Lipinski definition) is 2. The number of fused-ring (bicyclic) bond motifs is 3. The van der Waals surface area contributed by atoms with Crippen molar-refractivity contribution in [3.8, 4) is 5.75 Å². The zero-order chi connectivity index (χ0) is 19.1. The van der Waals surface area contributed by atoms with Gasteiger partial charge in [0.25, 0.3) is 0 Å². The Labute approximate surface area is 160 Å². The summed E-state index contributed by atoms with van der Waals surface area (Å²) >= 11 is 0. The number of rotatable bonds is 4. The van der Waals surface area contributed by atoms with Crippen LogP contribution in [0.1, 0.15) is 72.1 Å². The molecule has 0 unspecified atom stereocenters. The molecule has 2 aromatic carbocycles. The Morgan fingerprint density at radius 2 is 1.96 bits per heavy atom. The van der Waals surface area contributed by atoms with E-state index in [2.05, 4.69) is 31.3 Å². The van der Waals surface area contributed by atoms with E-state index in [0.29, 0.717) is 17.4 Å². The van der Waals surface area contributed by atoms with Gasteiger partial charge in [-0.2, -0.15) is 0 Å². The number of aromatic carboxylic acids is 1. The highest BCUT2D eigenvalue weighted by Gasteiger charge is 2.40. The quantitative estimate of drug-likeness (QED) is 0.748. The van der Waals surface area contributed by atoms with Crippen LogP contribution in [0.15, 0.2) is 36.4 Å². The van der Waals surface area contributed by atoms with E-state index in [9.17, 15) is 9.90 Å². The van der Waals surface area contributed by atoms with E-state index in [1.165, 1.54) is 36.1 Å². The molecule has 2 aromatic rings. The van der Waals surface area contributed by atoms with Crippen LogP contribution < -0.4 is 10.1 Å². The molecule has 4 heteroatoms. The number of benzene rings is 2. The molecular weight excluding hydrogens is 338 g/mol. The summed E-state index contributed by atoms with van der Waals surface area (Å²) in [4.78, 5) is 11.3. The van der Waals surface area contributed by atoms with Crippen molar-refractivity contribution in [1.29, 1.82) is 0 Å². The summed E-state index contributed by atoms with van der Waals surface area (Å²) in [5.74, 6) is 1.13. The third-order valence-electron chi connectivity index (χ3n) is 5.95. The maximum atomic E-state index is 11.3. The fraction of sp³-hybridized carbons (Fsp3) is 0.435. The van der Waals surface area contributed by atoms with Gasteiger partial charge in [-0.05, 0) is 92.5 Å². The van der Waals surface area contributed by atoms with Gasteiger partial charge in [0.2, 0.25) is 0 Å². The lowest BCUT2D eigenvalue weighted by atomic mass is 9.76. The number of ether oxygens (including phenoxy) is 1. The van der Waals surface area contributed by atoms with Gasteiger partial charge < -0.3 is 15.2 Å². The van der Waals surface area contributed by atoms with Crippen molar-refractivity contribution in [2.24, 2.45) is 5.92 Å². The van der Waals surface area contributed by atoms with Gasteiger partial charge in [0.15, 0.2) is 0 Å². The van der Waals surface area contributed by atoms with Crippen LogP contribution in [0.3, 0.4) is 0 Å². The number of aryl methyl sites for hydroxylation is 1. The Hall–Kier alpha value is -2.49. The predicted molar refractivity (Wildman–Crippen MR) is 107 cm³/mol. The second-order valence-corrected chi connectivity index (χ2v) is 8.12. The molecular formula is C23H27NO3. The first-order chi connectivity index (χ1) is 12.9. The minimum Gasteiger partial charge on any atom is -0.491 e. The molecule has 0 saturated heterocycles. The summed E-state index contributed by atoms with van der Waals surface area (Å²) in [6.45, 7) is 6.12. The van der Waals surface area contributed by atoms with Crippen molar-refractivity contribution in [2.45, 2.75) is 58.1 Å². The van der Waals surface area contributed by atoms with Gasteiger partial charge in [0, 0.05) is 5.69 Å². The van der Waals surface area contributed by atoms with Gasteiger partial charge in [-0.1, -0.05) is 12.5 Å². The summed E-state index contributed by atoms with van der Waals surface area (Å²) in [6, 6.07) is 12.1. The molecule has 0 amide bonds. The summed E-state index contributed by atoms with van der Waals surface area (Å²) in [6.07, 6.45) is 3.79. The van der Waals surface area contributed by atoms with Gasteiger partial charge in [0.1, 0.15) is 5.75 Å². The first kappa shape index (κ1) is 17.9. The Balaban J connectivity index is 1.70. The van der Waals surface area contributed by atoms with Crippen LogP contribution in [0.25, 0.3) is 0 Å². The van der Waals surface area contributed by atoms with Gasteiger partial charge in [0.05, 0.1) is 17.7 Å². The molecule has 0 bridgehead atoms. The molecule has 1 heterocycles. The van der Waals surface area contributed by atoms with Crippen LogP contribution in [-0.4, -0.2) is 17.2 Å². The monoisotopic (exact) mass is 365 g/mol. The molecule has 2 aliphatic rings. The molecule has 2 N–H and O–H groups in total. The maximum Gasteiger partial charge on any atom is 0.335 e. The van der Waals surface area contributed by atoms with E-state index in [1.54, 1.807) is 12.1 Å². The van der Waals surface area contributed by atoms with Crippen molar-refractivity contribution in [2.75, 3.05) is 5.32 Å². The minimum absolute atomic E-state index is 0.169. The number of anilines is 1. The highest BCUT2D eigenvalue weighted by Crippen LogP contribution is 2.53. The standard InChI is InChI=1S/C23H27NO3/c1-13(2)27-16-8-10-21-20(12-16)18-5-4-6-19(18)22(24-21)17-9-7-15(23(25)26)11-14(17)3/h7-13,18-19,22,24H,4-6H2,1-3H3,(H,25,26)/t18-,19+,22-/m1/s1. The highest BCUT2D eigenvalue weighted by atomic mass is 16.5. The van der Waals surface area contributed by atoms with E-state index in [0.717, 1.165) is 11.3 Å². The molecule has 1 aliphatic heterocycles. The number of nitrogens with one attached hydrogen (secondary N) is 1. The lowest BCUT2D eigenvalue weighted by Crippen LogP contribution is -2.29. The molecule has 3 atom stereocenters. The van der Waals surface area contributed by atoms with Crippen LogP contribution in [-0.2, 0) is 0 Å². The third kappa shape index (κ3) is 3.29. The molecule has 142 valence electrons. The van der Waals surface area contributed by atoms with Crippen molar-refractivity contribution in [1.82, 2.24) is 0 Å². The second kappa shape index (κ2) is 6.91. The first-order valence-electron chi connectivity index (χ1n) is 9.85. The topological polar surface area (TPSA) is 58.6 Å². The molecule has 0 radical (unpaired) electrons. The van der Waals surface area contributed by atoms with Gasteiger partial charge in [-0.15, -0.1) is 0 Å². The van der Waals surface area contributed by atoms with Crippen LogP contribution in [0.2, 0.25) is 0 Å². The zero-order valence-corrected chi connectivity index (χ0v) is 16.2. The number of carboxylic acids is 1. The molecule has 27 heavy (non-hydrogen) atoms. The first-order valence-corrected chi connectivity index (χ1v) is 9.85. The van der Waals surface area contributed by atoms with Crippen LogP contribution >= 0.6 is 0 Å². The van der Waals surface area contributed by atoms with Gasteiger partial charge >= 0.3 is 5.97 Å². The lowest BCUT2D eigenvalue weighted by Gasteiger charge is -2.38. The van der Waals surface area contributed by atoms with Crippen molar-refractivity contribution < 1.29 is 14.6 Å². The Kier molecular flexibility index (Phi) is 4.58. The van der Waals surface area contributed by atoms with Crippen LogP contribution in [0.4, 0.5) is 5.69 Å². The van der Waals surface area contributed by atoms with Crippen LogP contribution in [0, 0.1) is 12.8 Å². The summed E-state index contributed by atoms with van der Waals surface area (Å²) in [5.41, 5.74) is 5.16. The summed E-state index contributed by atoms with van der Waals surface area (Å²) in [7, 11) is 0. The molecule has 1 saturated carbocycles. The normalized spacial score (nSPS) is 23.5. The highest BCUT2D eigenvalue weighted by molar-refractivity contribution is 5.88. The number of carbonyl (C=O) groups is 1. The minimum atomic E-state index is -0.872. The average molecular weight is 365 g/mol. The fourth-order valence-electron chi connectivity index (χ4n) is 4.84. The average Bonchev–Trinajstić information content (AvgIpc) is 3.11. The second-order valence-electron chi connectivity index (χ2n) is 8.12. The third-order valence-corrected chi connectivity index (χ3v) is 5.95. The Bertz CT molecular complexity index is 874. The smallest absolute Gasteiger partial charge is 0.335 e. The van der Waals surface area contributed by atoms with E-state index in [-0.39, 0.29) is 12.1 Å². The molecule has 4 nitrogen and oxygen atoms in total. The SMILES string of the molecule is Cc1cc(C(=O)O)ccc1[C@H]1Nc2ccc(OC(C)C)cc2[C@@H]2CCC[C@H]12. The van der Waals surface area contributed by atoms with Crippen molar-refractivity contribution in [3.63, 3.8) is 0 Å². The maximum absolute atomic E-state index is 11.3. The lowest BCUT2D eigenvalue weighted by molar-refractivity contribution is 0.0696. The fourth-order valence-corrected chi connectivity index (χ4v) is 4.84. The molecule has 1 aliphatic carbocycles. The van der Waals surface area contributed by atoms with E-state index in [4.69, 9.17) is 4.74 Å². The number of hydrogen-bond acceptors (Lipinski definition) is 3. The molecule has 0 aromatic heterocycles. The molecule has 4 rings (SSSR count). The zero-order valence-electron chi connectivity index (χ0n) is 16.2. The van der Waals surface area contributed by atoms with Gasteiger partial charge in [-0.25, -0.2) is 4.79 Å². The van der Waals surface area contributed by atoms with E-state index < -0.39 is 5.97 Å². The van der Waals surface area contributed by atoms with Crippen LogP contribution in [0.5, 0.6) is 5.75 Å². The summed E-state index contributed by atoms with van der Waals surface area (Å²) in [5, 5.41) is 13.0. The van der Waals surface area contributed by atoms with Crippen molar-refractivity contribution in [3.05, 3.63) is 58.7 Å². The van der Waals surface area contributed by atoms with E-state index in [1.807, 2.05) is 19.1 Å². The largest absolute Gasteiger partial charge is 0.491 e. The Morgan fingerprint density at radius 1 is 1.15 bits per heavy atom. The molecule has 0 spiro atoms. The van der Waals surface area contributed by atoms with E-state index >= 15 is 0 Å². The summed E-state index contributed by atoms with van der Waals surface area (Å²) < 4.78 is 5.91.